The second kappa shape index (κ2) is 6.38. The summed E-state index contributed by atoms with van der Waals surface area (Å²) in [5, 5.41) is 8.85. The molecule has 0 amide bonds. The molecule has 0 aliphatic carbocycles. The van der Waals surface area contributed by atoms with Crippen LogP contribution in [-0.4, -0.2) is 23.6 Å². The maximum Gasteiger partial charge on any atom is 0.335 e. The highest BCUT2D eigenvalue weighted by Crippen LogP contribution is 2.17. The Bertz CT molecular complexity index is 363. The van der Waals surface area contributed by atoms with Crippen LogP contribution in [0.2, 0.25) is 0 Å². The Morgan fingerprint density at radius 2 is 2.19 bits per heavy atom. The molecule has 0 aromatic heterocycles. The predicted octanol–water partition coefficient (Wildman–Crippen LogP) is 3.09. The SMILES string of the molecule is Cc1cc(OCCCCCl)ccc1C(=O)O. The number of halogens is 1. The third kappa shape index (κ3) is 3.74. The molecule has 0 atom stereocenters. The molecule has 3 nitrogen and oxygen atoms in total. The fraction of sp³-hybridized carbons (Fsp3) is 0.417. The number of ether oxygens (including phenoxy) is 1. The minimum absolute atomic E-state index is 0.313. The molecule has 16 heavy (non-hydrogen) atoms. The number of unbranched alkanes of at least 4 members (excludes halogenated alkanes) is 1. The Balaban J connectivity index is 2.56. The van der Waals surface area contributed by atoms with Crippen molar-refractivity contribution in [3.8, 4) is 5.75 Å². The van der Waals surface area contributed by atoms with Crippen molar-refractivity contribution in [1.82, 2.24) is 0 Å². The van der Waals surface area contributed by atoms with Gasteiger partial charge in [0.2, 0.25) is 0 Å². The molecule has 0 aliphatic rings. The van der Waals surface area contributed by atoms with E-state index in [4.69, 9.17) is 21.4 Å². The molecule has 4 heteroatoms. The fourth-order valence-electron chi connectivity index (χ4n) is 1.35. The van der Waals surface area contributed by atoms with Crippen LogP contribution in [0.5, 0.6) is 5.75 Å². The largest absolute Gasteiger partial charge is 0.494 e. The molecule has 88 valence electrons. The van der Waals surface area contributed by atoms with Gasteiger partial charge < -0.3 is 9.84 Å². The summed E-state index contributed by atoms with van der Waals surface area (Å²) in [6, 6.07) is 4.98. The lowest BCUT2D eigenvalue weighted by Gasteiger charge is -2.07. The van der Waals surface area contributed by atoms with Crippen molar-refractivity contribution in [2.45, 2.75) is 19.8 Å². The van der Waals surface area contributed by atoms with Crippen molar-refractivity contribution in [3.05, 3.63) is 29.3 Å². The first kappa shape index (κ1) is 12.8. The van der Waals surface area contributed by atoms with Crippen molar-refractivity contribution >= 4 is 17.6 Å². The van der Waals surface area contributed by atoms with Crippen LogP contribution in [0.1, 0.15) is 28.8 Å². The molecule has 1 N–H and O–H groups in total. The van der Waals surface area contributed by atoms with Gasteiger partial charge in [-0.05, 0) is 43.5 Å². The van der Waals surface area contributed by atoms with Gasteiger partial charge in [0.25, 0.3) is 0 Å². The van der Waals surface area contributed by atoms with Gasteiger partial charge in [0.15, 0.2) is 0 Å². The molecule has 1 rings (SSSR count). The van der Waals surface area contributed by atoms with Crippen LogP contribution in [0.15, 0.2) is 18.2 Å². The summed E-state index contributed by atoms with van der Waals surface area (Å²) in [5.41, 5.74) is 1.02. The van der Waals surface area contributed by atoms with Crippen LogP contribution in [-0.2, 0) is 0 Å². The van der Waals surface area contributed by atoms with E-state index in [2.05, 4.69) is 0 Å². The number of alkyl halides is 1. The van der Waals surface area contributed by atoms with Gasteiger partial charge in [0, 0.05) is 5.88 Å². The van der Waals surface area contributed by atoms with Crippen molar-refractivity contribution < 1.29 is 14.6 Å². The first-order chi connectivity index (χ1) is 7.65. The molecule has 0 bridgehead atoms. The first-order valence-electron chi connectivity index (χ1n) is 5.18. The third-order valence-electron chi connectivity index (χ3n) is 2.22. The van der Waals surface area contributed by atoms with Crippen LogP contribution >= 0.6 is 11.6 Å². The summed E-state index contributed by atoms with van der Waals surface area (Å²) >= 11 is 5.54. The normalized spacial score (nSPS) is 10.1. The Morgan fingerprint density at radius 1 is 1.44 bits per heavy atom. The maximum atomic E-state index is 10.8. The van der Waals surface area contributed by atoms with E-state index in [1.165, 1.54) is 0 Å². The van der Waals surface area contributed by atoms with E-state index >= 15 is 0 Å². The van der Waals surface area contributed by atoms with Crippen LogP contribution in [0.25, 0.3) is 0 Å². The second-order valence-electron chi connectivity index (χ2n) is 3.53. The Hall–Kier alpha value is -1.22. The highest BCUT2D eigenvalue weighted by Gasteiger charge is 2.07. The number of aromatic carboxylic acids is 1. The number of aryl methyl sites for hydroxylation is 1. The lowest BCUT2D eigenvalue weighted by atomic mass is 10.1. The van der Waals surface area contributed by atoms with E-state index in [0.29, 0.717) is 29.4 Å². The summed E-state index contributed by atoms with van der Waals surface area (Å²) in [7, 11) is 0. The number of benzene rings is 1. The zero-order valence-electron chi connectivity index (χ0n) is 9.20. The molecule has 1 aromatic rings. The number of carboxylic acid groups (broad SMARTS) is 1. The topological polar surface area (TPSA) is 46.5 Å². The van der Waals surface area contributed by atoms with Crippen molar-refractivity contribution in [1.29, 1.82) is 0 Å². The van der Waals surface area contributed by atoms with Crippen molar-refractivity contribution in [2.75, 3.05) is 12.5 Å². The summed E-state index contributed by atoms with van der Waals surface area (Å²) in [6.45, 7) is 2.37. The van der Waals surface area contributed by atoms with Gasteiger partial charge in [0.1, 0.15) is 5.75 Å². The lowest BCUT2D eigenvalue weighted by Crippen LogP contribution is -2.02. The minimum Gasteiger partial charge on any atom is -0.494 e. The van der Waals surface area contributed by atoms with Crippen LogP contribution in [0, 0.1) is 6.92 Å². The van der Waals surface area contributed by atoms with E-state index in [-0.39, 0.29) is 0 Å². The monoisotopic (exact) mass is 242 g/mol. The second-order valence-corrected chi connectivity index (χ2v) is 3.90. The lowest BCUT2D eigenvalue weighted by molar-refractivity contribution is 0.0696. The number of hydrogen-bond donors (Lipinski definition) is 1. The molecule has 1 aromatic carbocycles. The molecular weight excluding hydrogens is 228 g/mol. The number of carboxylic acids is 1. The van der Waals surface area contributed by atoms with Gasteiger partial charge in [-0.2, -0.15) is 0 Å². The molecule has 0 spiro atoms. The van der Waals surface area contributed by atoms with Gasteiger partial charge >= 0.3 is 5.97 Å². The molecule has 0 unspecified atom stereocenters. The molecule has 0 saturated heterocycles. The zero-order valence-corrected chi connectivity index (χ0v) is 9.96. The Labute approximate surface area is 100.0 Å². The number of hydrogen-bond acceptors (Lipinski definition) is 2. The van der Waals surface area contributed by atoms with Gasteiger partial charge in [-0.1, -0.05) is 0 Å². The standard InChI is InChI=1S/C12H15ClO3/c1-9-8-10(16-7-3-2-6-13)4-5-11(9)12(14)15/h4-5,8H,2-3,6-7H2,1H3,(H,14,15). The summed E-state index contributed by atoms with van der Waals surface area (Å²) in [4.78, 5) is 10.8. The zero-order chi connectivity index (χ0) is 12.0. The van der Waals surface area contributed by atoms with Gasteiger partial charge in [-0.3, -0.25) is 0 Å². The van der Waals surface area contributed by atoms with Crippen LogP contribution < -0.4 is 4.74 Å². The Kier molecular flexibility index (Phi) is 5.12. The average Bonchev–Trinajstić information content (AvgIpc) is 2.24. The molecule has 0 fully saturated rings. The number of carbonyl (C=O) groups is 1. The third-order valence-corrected chi connectivity index (χ3v) is 2.49. The minimum atomic E-state index is -0.911. The van der Waals surface area contributed by atoms with E-state index < -0.39 is 5.97 Å². The van der Waals surface area contributed by atoms with Gasteiger partial charge in [0.05, 0.1) is 12.2 Å². The summed E-state index contributed by atoms with van der Waals surface area (Å²) in [6.07, 6.45) is 1.83. The van der Waals surface area contributed by atoms with Crippen molar-refractivity contribution in [2.24, 2.45) is 0 Å². The average molecular weight is 243 g/mol. The van der Waals surface area contributed by atoms with E-state index in [1.54, 1.807) is 25.1 Å². The van der Waals surface area contributed by atoms with Gasteiger partial charge in [-0.25, -0.2) is 4.79 Å². The molecule has 0 radical (unpaired) electrons. The van der Waals surface area contributed by atoms with E-state index in [1.807, 2.05) is 0 Å². The van der Waals surface area contributed by atoms with Crippen LogP contribution in [0.4, 0.5) is 0 Å². The quantitative estimate of drug-likeness (QED) is 0.616. The predicted molar refractivity (Wildman–Crippen MR) is 63.6 cm³/mol. The smallest absolute Gasteiger partial charge is 0.335 e. The molecular formula is C12H15ClO3. The van der Waals surface area contributed by atoms with Crippen LogP contribution in [0.3, 0.4) is 0 Å². The van der Waals surface area contributed by atoms with Crippen molar-refractivity contribution in [3.63, 3.8) is 0 Å². The summed E-state index contributed by atoms with van der Waals surface area (Å²) < 4.78 is 5.47. The van der Waals surface area contributed by atoms with Gasteiger partial charge in [-0.15, -0.1) is 11.6 Å². The Morgan fingerprint density at radius 3 is 2.75 bits per heavy atom. The molecule has 0 heterocycles. The summed E-state index contributed by atoms with van der Waals surface area (Å²) in [5.74, 6) is 0.434. The molecule has 0 aliphatic heterocycles. The highest BCUT2D eigenvalue weighted by atomic mass is 35.5. The molecule has 0 saturated carbocycles. The highest BCUT2D eigenvalue weighted by molar-refractivity contribution is 6.17. The van der Waals surface area contributed by atoms with E-state index in [0.717, 1.165) is 12.8 Å². The first-order valence-corrected chi connectivity index (χ1v) is 5.71. The fourth-order valence-corrected chi connectivity index (χ4v) is 1.54. The number of rotatable bonds is 6. The van der Waals surface area contributed by atoms with E-state index in [9.17, 15) is 4.79 Å². The maximum absolute atomic E-state index is 10.8.